The fourth-order valence-electron chi connectivity index (χ4n) is 3.34. The summed E-state index contributed by atoms with van der Waals surface area (Å²) < 4.78 is 28.3. The average Bonchev–Trinajstić information content (AvgIpc) is 2.62. The average molecular weight is 367 g/mol. The molecule has 2 fully saturated rings. The van der Waals surface area contributed by atoms with Gasteiger partial charge in [-0.3, -0.25) is 0 Å². The Morgan fingerprint density at radius 2 is 1.76 bits per heavy atom. The van der Waals surface area contributed by atoms with Crippen molar-refractivity contribution in [1.29, 1.82) is 0 Å². The molecule has 0 unspecified atom stereocenters. The van der Waals surface area contributed by atoms with Gasteiger partial charge in [-0.05, 0) is 25.0 Å². The molecule has 2 aliphatic rings. The number of ether oxygens (including phenoxy) is 1. The predicted octanol–water partition coefficient (Wildman–Crippen LogP) is 1.10. The zero-order valence-corrected chi connectivity index (χ0v) is 15.3. The first kappa shape index (κ1) is 17.8. The number of anilines is 1. The van der Waals surface area contributed by atoms with Crippen LogP contribution in [0.1, 0.15) is 12.8 Å². The Bertz CT molecular complexity index is 700. The van der Waals surface area contributed by atoms with Crippen LogP contribution in [0.25, 0.3) is 0 Å². The molecule has 7 nitrogen and oxygen atoms in total. The molecule has 0 aromatic heterocycles. The molecule has 0 bridgehead atoms. The number of hydrogen-bond acceptors (Lipinski definition) is 5. The van der Waals surface area contributed by atoms with Gasteiger partial charge in [-0.25, -0.2) is 13.2 Å². The minimum Gasteiger partial charge on any atom is -0.495 e. The van der Waals surface area contributed by atoms with Gasteiger partial charge in [0, 0.05) is 32.2 Å². The Hall–Kier alpha value is -1.96. The molecular weight excluding hydrogens is 342 g/mol. The number of para-hydroxylation sites is 2. The quantitative estimate of drug-likeness (QED) is 0.866. The lowest BCUT2D eigenvalue weighted by atomic mass is 10.0. The van der Waals surface area contributed by atoms with E-state index in [-0.39, 0.29) is 36.7 Å². The van der Waals surface area contributed by atoms with Crippen LogP contribution in [0.4, 0.5) is 10.5 Å². The van der Waals surface area contributed by atoms with Gasteiger partial charge in [0.25, 0.3) is 0 Å². The molecule has 2 amide bonds. The van der Waals surface area contributed by atoms with Gasteiger partial charge in [-0.1, -0.05) is 12.1 Å². The van der Waals surface area contributed by atoms with Gasteiger partial charge in [-0.15, -0.1) is 0 Å². The molecule has 25 heavy (non-hydrogen) atoms. The third kappa shape index (κ3) is 4.36. The summed E-state index contributed by atoms with van der Waals surface area (Å²) in [5, 5.41) is 3.05. The second-order valence-corrected chi connectivity index (χ2v) is 8.83. The van der Waals surface area contributed by atoms with Crippen molar-refractivity contribution in [2.24, 2.45) is 0 Å². The second-order valence-electron chi connectivity index (χ2n) is 6.52. The first-order valence-electron chi connectivity index (χ1n) is 8.62. The van der Waals surface area contributed by atoms with Crippen molar-refractivity contribution in [2.75, 3.05) is 49.7 Å². The lowest BCUT2D eigenvalue weighted by molar-refractivity contribution is 0.195. The van der Waals surface area contributed by atoms with Gasteiger partial charge in [0.05, 0.1) is 24.3 Å². The minimum atomic E-state index is -2.97. The number of carbonyl (C=O) groups is 1. The van der Waals surface area contributed by atoms with Crippen LogP contribution in [0.2, 0.25) is 0 Å². The fourth-order valence-corrected chi connectivity index (χ4v) is 4.54. The number of urea groups is 1. The van der Waals surface area contributed by atoms with E-state index in [9.17, 15) is 13.2 Å². The number of piperidine rings is 1. The molecular formula is C17H25N3O4S. The molecule has 1 aromatic rings. The number of methoxy groups -OCH3 is 1. The highest BCUT2D eigenvalue weighted by molar-refractivity contribution is 7.91. The van der Waals surface area contributed by atoms with Crippen LogP contribution in [0.3, 0.4) is 0 Å². The third-order valence-corrected chi connectivity index (χ3v) is 6.49. The van der Waals surface area contributed by atoms with E-state index < -0.39 is 9.84 Å². The van der Waals surface area contributed by atoms with Crippen LogP contribution < -0.4 is 15.0 Å². The Morgan fingerprint density at radius 3 is 2.40 bits per heavy atom. The summed E-state index contributed by atoms with van der Waals surface area (Å²) in [5.74, 6) is 0.985. The van der Waals surface area contributed by atoms with Crippen molar-refractivity contribution >= 4 is 21.6 Å². The molecule has 0 saturated carbocycles. The molecule has 0 atom stereocenters. The summed E-state index contributed by atoms with van der Waals surface area (Å²) in [6.07, 6.45) is 1.71. The molecule has 1 aromatic carbocycles. The van der Waals surface area contributed by atoms with Crippen LogP contribution >= 0.6 is 0 Å². The van der Waals surface area contributed by atoms with Gasteiger partial charge < -0.3 is 19.9 Å². The van der Waals surface area contributed by atoms with Gasteiger partial charge in [0.2, 0.25) is 0 Å². The molecule has 138 valence electrons. The summed E-state index contributed by atoms with van der Waals surface area (Å²) in [5.41, 5.74) is 1.08. The Balaban J connectivity index is 1.50. The van der Waals surface area contributed by atoms with Crippen molar-refractivity contribution in [2.45, 2.75) is 18.9 Å². The van der Waals surface area contributed by atoms with E-state index in [1.54, 1.807) is 12.0 Å². The highest BCUT2D eigenvalue weighted by atomic mass is 32.2. The second kappa shape index (κ2) is 7.51. The Labute approximate surface area is 148 Å². The van der Waals surface area contributed by atoms with E-state index in [4.69, 9.17) is 4.74 Å². The van der Waals surface area contributed by atoms with Crippen molar-refractivity contribution < 1.29 is 17.9 Å². The van der Waals surface area contributed by atoms with Crippen LogP contribution in [0.5, 0.6) is 5.75 Å². The van der Waals surface area contributed by atoms with Gasteiger partial charge >= 0.3 is 6.03 Å². The van der Waals surface area contributed by atoms with Crippen molar-refractivity contribution in [1.82, 2.24) is 10.2 Å². The van der Waals surface area contributed by atoms with Crippen molar-refractivity contribution in [3.8, 4) is 5.75 Å². The zero-order valence-electron chi connectivity index (χ0n) is 14.5. The molecule has 0 radical (unpaired) electrons. The van der Waals surface area contributed by atoms with Crippen molar-refractivity contribution in [3.05, 3.63) is 24.3 Å². The predicted molar refractivity (Wildman–Crippen MR) is 97.0 cm³/mol. The number of hydrogen-bond donors (Lipinski definition) is 1. The van der Waals surface area contributed by atoms with E-state index in [1.165, 1.54) is 0 Å². The van der Waals surface area contributed by atoms with Crippen LogP contribution in [-0.4, -0.2) is 70.2 Å². The van der Waals surface area contributed by atoms with Crippen LogP contribution in [0, 0.1) is 0 Å². The molecule has 1 N–H and O–H groups in total. The van der Waals surface area contributed by atoms with Crippen molar-refractivity contribution in [3.63, 3.8) is 0 Å². The summed E-state index contributed by atoms with van der Waals surface area (Å²) >= 11 is 0. The fraction of sp³-hybridized carbons (Fsp3) is 0.588. The normalized spacial score (nSPS) is 21.0. The van der Waals surface area contributed by atoms with Crippen LogP contribution in [-0.2, 0) is 9.84 Å². The number of benzene rings is 1. The molecule has 2 saturated heterocycles. The minimum absolute atomic E-state index is 0.0622. The Kier molecular flexibility index (Phi) is 5.36. The zero-order chi connectivity index (χ0) is 17.9. The highest BCUT2D eigenvalue weighted by Gasteiger charge is 2.28. The SMILES string of the molecule is COc1ccccc1N1CCC(NC(=O)N2CCS(=O)(=O)CC2)CC1. The van der Waals surface area contributed by atoms with Crippen LogP contribution in [0.15, 0.2) is 24.3 Å². The molecule has 3 rings (SSSR count). The molecule has 2 aliphatic heterocycles. The number of nitrogens with zero attached hydrogens (tertiary/aromatic N) is 2. The number of carbonyl (C=O) groups excluding carboxylic acids is 1. The van der Waals surface area contributed by atoms with E-state index >= 15 is 0 Å². The maximum absolute atomic E-state index is 12.3. The summed E-state index contributed by atoms with van der Waals surface area (Å²) in [4.78, 5) is 16.2. The lowest BCUT2D eigenvalue weighted by Gasteiger charge is -2.36. The van der Waals surface area contributed by atoms with Gasteiger partial charge in [-0.2, -0.15) is 0 Å². The smallest absolute Gasteiger partial charge is 0.317 e. The first-order valence-corrected chi connectivity index (χ1v) is 10.4. The monoisotopic (exact) mass is 367 g/mol. The molecule has 0 aliphatic carbocycles. The largest absolute Gasteiger partial charge is 0.495 e. The number of nitrogens with one attached hydrogen (secondary N) is 1. The third-order valence-electron chi connectivity index (χ3n) is 4.88. The number of sulfone groups is 1. The topological polar surface area (TPSA) is 79.0 Å². The highest BCUT2D eigenvalue weighted by Crippen LogP contribution is 2.29. The maximum Gasteiger partial charge on any atom is 0.317 e. The first-order chi connectivity index (χ1) is 12.0. The maximum atomic E-state index is 12.3. The molecule has 2 heterocycles. The number of amides is 2. The van der Waals surface area contributed by atoms with E-state index in [0.29, 0.717) is 0 Å². The summed E-state index contributed by atoms with van der Waals surface area (Å²) in [6, 6.07) is 7.92. The van der Waals surface area contributed by atoms with Gasteiger partial charge in [0.15, 0.2) is 9.84 Å². The summed E-state index contributed by atoms with van der Waals surface area (Å²) in [7, 11) is -1.30. The van der Waals surface area contributed by atoms with E-state index in [2.05, 4.69) is 10.2 Å². The molecule has 0 spiro atoms. The lowest BCUT2D eigenvalue weighted by Crippen LogP contribution is -2.52. The number of rotatable bonds is 3. The van der Waals surface area contributed by atoms with E-state index in [0.717, 1.165) is 37.4 Å². The Morgan fingerprint density at radius 1 is 1.12 bits per heavy atom. The summed E-state index contributed by atoms with van der Waals surface area (Å²) in [6.45, 7) is 2.27. The standard InChI is InChI=1S/C17H25N3O4S/c1-24-16-5-3-2-4-15(16)19-8-6-14(7-9-19)18-17(21)20-10-12-25(22,23)13-11-20/h2-5,14H,6-13H2,1H3,(H,18,21). The molecule has 8 heteroatoms. The van der Waals surface area contributed by atoms with Gasteiger partial charge in [0.1, 0.15) is 5.75 Å². The van der Waals surface area contributed by atoms with E-state index in [1.807, 2.05) is 24.3 Å².